The highest BCUT2D eigenvalue weighted by molar-refractivity contribution is 14.0. The second-order valence-electron chi connectivity index (χ2n) is 4.35. The molecule has 1 aromatic carbocycles. The van der Waals surface area contributed by atoms with Crippen molar-refractivity contribution in [3.63, 3.8) is 0 Å². The van der Waals surface area contributed by atoms with Gasteiger partial charge in [-0.25, -0.2) is 9.38 Å². The van der Waals surface area contributed by atoms with Crippen molar-refractivity contribution in [2.45, 2.75) is 25.8 Å². The molecule has 2 N–H and O–H groups in total. The number of hydrogen-bond acceptors (Lipinski definition) is 1. The van der Waals surface area contributed by atoms with E-state index in [1.165, 1.54) is 31.4 Å². The van der Waals surface area contributed by atoms with Crippen LogP contribution in [0.15, 0.2) is 29.3 Å². The molecule has 0 amide bonds. The minimum absolute atomic E-state index is 0. The molecule has 2 rings (SSSR count). The molecule has 1 fully saturated rings. The summed E-state index contributed by atoms with van der Waals surface area (Å²) in [5.74, 6) is 0.350. The molecule has 0 spiro atoms. The number of piperidine rings is 1. The molecular weight excluding hydrogens is 344 g/mol. The molecule has 0 bridgehead atoms. The van der Waals surface area contributed by atoms with Crippen molar-refractivity contribution in [3.8, 4) is 0 Å². The Kier molecular flexibility index (Phi) is 6.38. The smallest absolute Gasteiger partial charge is 0.191 e. The van der Waals surface area contributed by atoms with Crippen molar-refractivity contribution >= 4 is 29.9 Å². The van der Waals surface area contributed by atoms with Crippen LogP contribution in [-0.2, 0) is 6.54 Å². The average molecular weight is 363 g/mol. The molecule has 100 valence electrons. The number of guanidine groups is 1. The second kappa shape index (κ2) is 7.56. The molecule has 1 saturated heterocycles. The van der Waals surface area contributed by atoms with Gasteiger partial charge in [0.1, 0.15) is 5.82 Å². The maximum Gasteiger partial charge on any atom is 0.191 e. The molecule has 5 heteroatoms. The Morgan fingerprint density at radius 2 is 2.00 bits per heavy atom. The number of benzene rings is 1. The number of hydrogen-bond donors (Lipinski definition) is 1. The molecule has 1 aliphatic heterocycles. The predicted octanol–water partition coefficient (Wildman–Crippen LogP) is 2.74. The fraction of sp³-hybridized carbons (Fsp3) is 0.462. The monoisotopic (exact) mass is 363 g/mol. The summed E-state index contributed by atoms with van der Waals surface area (Å²) in [6.45, 7) is 2.41. The summed E-state index contributed by atoms with van der Waals surface area (Å²) >= 11 is 0. The summed E-state index contributed by atoms with van der Waals surface area (Å²) in [5, 5.41) is 0. The van der Waals surface area contributed by atoms with Crippen LogP contribution in [-0.4, -0.2) is 23.9 Å². The van der Waals surface area contributed by atoms with Gasteiger partial charge in [-0.3, -0.25) is 0 Å². The van der Waals surface area contributed by atoms with Crippen molar-refractivity contribution in [2.24, 2.45) is 10.7 Å². The molecule has 0 aliphatic carbocycles. The standard InChI is InChI=1S/C13H18FN3.HI/c14-12-6-4-5-11(9-12)10-16-13(15)17-7-2-1-3-8-17;/h4-6,9H,1-3,7-8,10H2,(H2,15,16);1H. The van der Waals surface area contributed by atoms with E-state index in [2.05, 4.69) is 9.89 Å². The predicted molar refractivity (Wildman–Crippen MR) is 82.6 cm³/mol. The van der Waals surface area contributed by atoms with Gasteiger partial charge in [-0.2, -0.15) is 0 Å². The van der Waals surface area contributed by atoms with Crippen molar-refractivity contribution < 1.29 is 4.39 Å². The van der Waals surface area contributed by atoms with E-state index < -0.39 is 0 Å². The number of halogens is 2. The number of nitrogens with two attached hydrogens (primary N) is 1. The van der Waals surface area contributed by atoms with E-state index in [0.717, 1.165) is 18.7 Å². The molecule has 1 aromatic rings. The zero-order valence-electron chi connectivity index (χ0n) is 10.3. The fourth-order valence-electron chi connectivity index (χ4n) is 2.03. The Hall–Kier alpha value is -0.850. The summed E-state index contributed by atoms with van der Waals surface area (Å²) in [5.41, 5.74) is 6.77. The zero-order valence-corrected chi connectivity index (χ0v) is 12.6. The Morgan fingerprint density at radius 1 is 1.28 bits per heavy atom. The average Bonchev–Trinajstić information content (AvgIpc) is 2.37. The second-order valence-corrected chi connectivity index (χ2v) is 4.35. The minimum atomic E-state index is -0.228. The fourth-order valence-corrected chi connectivity index (χ4v) is 2.03. The largest absolute Gasteiger partial charge is 0.370 e. The first-order valence-corrected chi connectivity index (χ1v) is 6.05. The van der Waals surface area contributed by atoms with Crippen LogP contribution in [0, 0.1) is 5.82 Å². The Labute approximate surface area is 124 Å². The summed E-state index contributed by atoms with van der Waals surface area (Å²) in [6.07, 6.45) is 3.63. The van der Waals surface area contributed by atoms with Gasteiger partial charge in [0.2, 0.25) is 0 Å². The molecule has 0 aromatic heterocycles. The summed E-state index contributed by atoms with van der Waals surface area (Å²) in [6, 6.07) is 6.47. The lowest BCUT2D eigenvalue weighted by molar-refractivity contribution is 0.338. The van der Waals surface area contributed by atoms with Crippen LogP contribution in [0.4, 0.5) is 4.39 Å². The van der Waals surface area contributed by atoms with Gasteiger partial charge in [-0.1, -0.05) is 12.1 Å². The summed E-state index contributed by atoms with van der Waals surface area (Å²) < 4.78 is 13.0. The molecule has 0 atom stereocenters. The van der Waals surface area contributed by atoms with Crippen LogP contribution in [0.3, 0.4) is 0 Å². The molecule has 3 nitrogen and oxygen atoms in total. The third-order valence-corrected chi connectivity index (χ3v) is 2.99. The third kappa shape index (κ3) is 4.44. The van der Waals surface area contributed by atoms with Crippen LogP contribution in [0.1, 0.15) is 24.8 Å². The SMILES string of the molecule is I.NC(=NCc1cccc(F)c1)N1CCCCC1. The van der Waals surface area contributed by atoms with Gasteiger partial charge >= 0.3 is 0 Å². The van der Waals surface area contributed by atoms with Gasteiger partial charge in [0.05, 0.1) is 6.54 Å². The quantitative estimate of drug-likeness (QED) is 0.499. The first kappa shape index (κ1) is 15.2. The first-order chi connectivity index (χ1) is 8.25. The molecule has 18 heavy (non-hydrogen) atoms. The normalized spacial score (nSPS) is 16.3. The van der Waals surface area contributed by atoms with Gasteiger partial charge in [-0.15, -0.1) is 24.0 Å². The highest BCUT2D eigenvalue weighted by atomic mass is 127. The van der Waals surface area contributed by atoms with E-state index in [1.807, 2.05) is 6.07 Å². The van der Waals surface area contributed by atoms with E-state index in [4.69, 9.17) is 5.73 Å². The molecule has 1 heterocycles. The summed E-state index contributed by atoms with van der Waals surface area (Å²) in [4.78, 5) is 6.41. The lowest BCUT2D eigenvalue weighted by Crippen LogP contribution is -2.40. The number of aliphatic imine (C=N–C) groups is 1. The first-order valence-electron chi connectivity index (χ1n) is 6.05. The number of nitrogens with zero attached hydrogens (tertiary/aromatic N) is 2. The van der Waals surface area contributed by atoms with E-state index >= 15 is 0 Å². The van der Waals surface area contributed by atoms with Gasteiger partial charge in [0.15, 0.2) is 5.96 Å². The minimum Gasteiger partial charge on any atom is -0.370 e. The third-order valence-electron chi connectivity index (χ3n) is 2.99. The number of likely N-dealkylation sites (tertiary alicyclic amines) is 1. The lowest BCUT2D eigenvalue weighted by Gasteiger charge is -2.27. The lowest BCUT2D eigenvalue weighted by atomic mass is 10.1. The van der Waals surface area contributed by atoms with Gasteiger partial charge in [0, 0.05) is 13.1 Å². The summed E-state index contributed by atoms with van der Waals surface area (Å²) in [7, 11) is 0. The van der Waals surface area contributed by atoms with Crippen LogP contribution in [0.2, 0.25) is 0 Å². The van der Waals surface area contributed by atoms with Crippen molar-refractivity contribution in [3.05, 3.63) is 35.6 Å². The highest BCUT2D eigenvalue weighted by Gasteiger charge is 2.11. The van der Waals surface area contributed by atoms with Crippen molar-refractivity contribution in [2.75, 3.05) is 13.1 Å². The maximum absolute atomic E-state index is 13.0. The van der Waals surface area contributed by atoms with E-state index in [-0.39, 0.29) is 29.8 Å². The topological polar surface area (TPSA) is 41.6 Å². The van der Waals surface area contributed by atoms with E-state index in [0.29, 0.717) is 12.5 Å². The Morgan fingerprint density at radius 3 is 2.67 bits per heavy atom. The van der Waals surface area contributed by atoms with Crippen molar-refractivity contribution in [1.82, 2.24) is 4.90 Å². The number of rotatable bonds is 2. The maximum atomic E-state index is 13.0. The van der Waals surface area contributed by atoms with Crippen molar-refractivity contribution in [1.29, 1.82) is 0 Å². The molecule has 0 radical (unpaired) electrons. The van der Waals surface area contributed by atoms with E-state index in [9.17, 15) is 4.39 Å². The zero-order chi connectivity index (χ0) is 12.1. The molecule has 0 saturated carbocycles. The van der Waals surface area contributed by atoms with Crippen LogP contribution < -0.4 is 5.73 Å². The van der Waals surface area contributed by atoms with Crippen LogP contribution >= 0.6 is 24.0 Å². The Balaban J connectivity index is 0.00000162. The van der Waals surface area contributed by atoms with E-state index in [1.54, 1.807) is 6.07 Å². The highest BCUT2D eigenvalue weighted by Crippen LogP contribution is 2.09. The molecule has 0 unspecified atom stereocenters. The van der Waals surface area contributed by atoms with Crippen LogP contribution in [0.5, 0.6) is 0 Å². The van der Waals surface area contributed by atoms with Gasteiger partial charge in [0.25, 0.3) is 0 Å². The molecule has 1 aliphatic rings. The van der Waals surface area contributed by atoms with Gasteiger partial charge < -0.3 is 10.6 Å². The molecular formula is C13H19FIN3. The van der Waals surface area contributed by atoms with Crippen LogP contribution in [0.25, 0.3) is 0 Å². The van der Waals surface area contributed by atoms with Gasteiger partial charge in [-0.05, 0) is 37.0 Å². The Bertz CT molecular complexity index is 403.